The Balaban J connectivity index is 2.45. The number of sulfonamides is 1. The van der Waals surface area contributed by atoms with E-state index in [1.807, 2.05) is 6.07 Å². The second kappa shape index (κ2) is 5.49. The van der Waals surface area contributed by atoms with Crippen LogP contribution in [0, 0.1) is 13.8 Å². The summed E-state index contributed by atoms with van der Waals surface area (Å²) >= 11 is 0. The first-order chi connectivity index (χ1) is 9.79. The second-order valence-electron chi connectivity index (χ2n) is 4.49. The van der Waals surface area contributed by atoms with Gasteiger partial charge in [0.15, 0.2) is 11.5 Å². The van der Waals surface area contributed by atoms with E-state index in [0.29, 0.717) is 0 Å². The summed E-state index contributed by atoms with van der Waals surface area (Å²) < 4.78 is 26.8. The van der Waals surface area contributed by atoms with E-state index in [4.69, 9.17) is 5.11 Å². The maximum absolute atomic E-state index is 12.3. The molecule has 0 unspecified atom stereocenters. The van der Waals surface area contributed by atoms with Crippen LogP contribution in [0.15, 0.2) is 35.5 Å². The highest BCUT2D eigenvalue weighted by Crippen LogP contribution is 2.19. The number of carboxylic acid groups (broad SMARTS) is 1. The molecule has 0 fully saturated rings. The maximum atomic E-state index is 12.3. The third-order valence-corrected chi connectivity index (χ3v) is 3.96. The Morgan fingerprint density at radius 3 is 2.24 bits per heavy atom. The van der Waals surface area contributed by atoms with Crippen molar-refractivity contribution in [1.82, 2.24) is 9.97 Å². The minimum Gasteiger partial charge on any atom is -0.476 e. The molecule has 0 atom stereocenters. The normalized spacial score (nSPS) is 11.1. The molecule has 0 saturated heterocycles. The van der Waals surface area contributed by atoms with Crippen LogP contribution in [0.2, 0.25) is 0 Å². The Morgan fingerprint density at radius 2 is 1.67 bits per heavy atom. The zero-order chi connectivity index (χ0) is 15.6. The number of rotatable bonds is 4. The van der Waals surface area contributed by atoms with Gasteiger partial charge in [-0.3, -0.25) is 4.72 Å². The molecule has 21 heavy (non-hydrogen) atoms. The van der Waals surface area contributed by atoms with Gasteiger partial charge in [0, 0.05) is 12.4 Å². The molecule has 2 aromatic rings. The van der Waals surface area contributed by atoms with E-state index in [2.05, 4.69) is 14.7 Å². The smallest absolute Gasteiger partial charge is 0.358 e. The van der Waals surface area contributed by atoms with Crippen molar-refractivity contribution in [2.24, 2.45) is 0 Å². The molecule has 8 heteroatoms. The first kappa shape index (κ1) is 14.9. The van der Waals surface area contributed by atoms with Gasteiger partial charge in [-0.25, -0.2) is 23.2 Å². The molecule has 1 heterocycles. The highest BCUT2D eigenvalue weighted by Gasteiger charge is 2.20. The van der Waals surface area contributed by atoms with E-state index in [-0.39, 0.29) is 10.7 Å². The van der Waals surface area contributed by atoms with Gasteiger partial charge in [0.05, 0.1) is 4.90 Å². The number of anilines is 1. The van der Waals surface area contributed by atoms with Crippen LogP contribution in [-0.2, 0) is 10.0 Å². The standard InChI is InChI=1S/C13H13N3O4S/c1-8-5-9(2)7-10(6-8)21(19,20)16-12-11(13(17)18)14-3-4-15-12/h3-7H,1-2H3,(H,15,16)(H,17,18). The fourth-order valence-corrected chi connectivity index (χ4v) is 3.05. The van der Waals surface area contributed by atoms with Gasteiger partial charge >= 0.3 is 5.97 Å². The minimum atomic E-state index is -3.93. The van der Waals surface area contributed by atoms with Crippen molar-refractivity contribution in [3.63, 3.8) is 0 Å². The minimum absolute atomic E-state index is 0.0435. The summed E-state index contributed by atoms with van der Waals surface area (Å²) in [6.07, 6.45) is 2.39. The van der Waals surface area contributed by atoms with Crippen molar-refractivity contribution in [1.29, 1.82) is 0 Å². The van der Waals surface area contributed by atoms with Gasteiger partial charge in [0.2, 0.25) is 0 Å². The average molecular weight is 307 g/mol. The molecular formula is C13H13N3O4S. The molecule has 0 aliphatic heterocycles. The number of aryl methyl sites for hydroxylation is 2. The monoisotopic (exact) mass is 307 g/mol. The van der Waals surface area contributed by atoms with Gasteiger partial charge in [-0.05, 0) is 37.1 Å². The number of hydrogen-bond acceptors (Lipinski definition) is 5. The Bertz CT molecular complexity index is 783. The van der Waals surface area contributed by atoms with Crippen molar-refractivity contribution < 1.29 is 18.3 Å². The van der Waals surface area contributed by atoms with Crippen LogP contribution >= 0.6 is 0 Å². The van der Waals surface area contributed by atoms with Crippen LogP contribution in [-0.4, -0.2) is 29.5 Å². The van der Waals surface area contributed by atoms with Crippen molar-refractivity contribution in [3.8, 4) is 0 Å². The van der Waals surface area contributed by atoms with E-state index in [1.165, 1.54) is 24.5 Å². The number of aromatic nitrogens is 2. The van der Waals surface area contributed by atoms with Crippen LogP contribution in [0.5, 0.6) is 0 Å². The number of nitrogens with one attached hydrogen (secondary N) is 1. The van der Waals surface area contributed by atoms with E-state index in [0.717, 1.165) is 11.1 Å². The Kier molecular flexibility index (Phi) is 3.90. The topological polar surface area (TPSA) is 109 Å². The van der Waals surface area contributed by atoms with Crippen molar-refractivity contribution >= 4 is 21.8 Å². The fraction of sp³-hybridized carbons (Fsp3) is 0.154. The molecule has 7 nitrogen and oxygen atoms in total. The lowest BCUT2D eigenvalue weighted by Crippen LogP contribution is -2.17. The molecule has 110 valence electrons. The van der Waals surface area contributed by atoms with Crippen LogP contribution in [0.25, 0.3) is 0 Å². The van der Waals surface area contributed by atoms with E-state index >= 15 is 0 Å². The van der Waals surface area contributed by atoms with Crippen LogP contribution in [0.4, 0.5) is 5.82 Å². The predicted octanol–water partition coefficient (Wildman–Crippen LogP) is 1.59. The van der Waals surface area contributed by atoms with Gasteiger partial charge in [-0.2, -0.15) is 0 Å². The van der Waals surface area contributed by atoms with Gasteiger partial charge in [0.1, 0.15) is 0 Å². The zero-order valence-electron chi connectivity index (χ0n) is 11.4. The van der Waals surface area contributed by atoms with Crippen LogP contribution in [0.1, 0.15) is 21.6 Å². The fourth-order valence-electron chi connectivity index (χ4n) is 1.84. The predicted molar refractivity (Wildman–Crippen MR) is 75.7 cm³/mol. The molecule has 0 saturated carbocycles. The summed E-state index contributed by atoms with van der Waals surface area (Å²) in [5, 5.41) is 8.98. The van der Waals surface area contributed by atoms with Gasteiger partial charge in [-0.1, -0.05) is 6.07 Å². The maximum Gasteiger partial charge on any atom is 0.358 e. The highest BCUT2D eigenvalue weighted by molar-refractivity contribution is 7.92. The lowest BCUT2D eigenvalue weighted by atomic mass is 10.2. The van der Waals surface area contributed by atoms with Gasteiger partial charge in [0.25, 0.3) is 10.0 Å². The van der Waals surface area contributed by atoms with Crippen molar-refractivity contribution in [2.45, 2.75) is 18.7 Å². The molecule has 0 radical (unpaired) electrons. The summed E-state index contributed by atoms with van der Waals surface area (Å²) in [7, 11) is -3.93. The average Bonchev–Trinajstić information content (AvgIpc) is 2.37. The molecule has 0 amide bonds. The second-order valence-corrected chi connectivity index (χ2v) is 6.17. The quantitative estimate of drug-likeness (QED) is 0.887. The molecule has 0 aliphatic carbocycles. The summed E-state index contributed by atoms with van der Waals surface area (Å²) in [6.45, 7) is 3.55. The number of benzene rings is 1. The summed E-state index contributed by atoms with van der Waals surface area (Å²) in [4.78, 5) is 18.4. The van der Waals surface area contributed by atoms with E-state index in [9.17, 15) is 13.2 Å². The van der Waals surface area contributed by atoms with Gasteiger partial charge in [-0.15, -0.1) is 0 Å². The zero-order valence-corrected chi connectivity index (χ0v) is 12.2. The number of nitrogens with zero attached hydrogens (tertiary/aromatic N) is 2. The lowest BCUT2D eigenvalue weighted by Gasteiger charge is -2.10. The number of carboxylic acids is 1. The molecule has 1 aromatic heterocycles. The molecule has 0 bridgehead atoms. The number of aromatic carboxylic acids is 1. The summed E-state index contributed by atoms with van der Waals surface area (Å²) in [5.74, 6) is -1.68. The highest BCUT2D eigenvalue weighted by atomic mass is 32.2. The lowest BCUT2D eigenvalue weighted by molar-refractivity contribution is 0.0691. The first-order valence-corrected chi connectivity index (χ1v) is 7.43. The Hall–Kier alpha value is -2.48. The molecule has 2 rings (SSSR count). The van der Waals surface area contributed by atoms with Crippen LogP contribution in [0.3, 0.4) is 0 Å². The molecular weight excluding hydrogens is 294 g/mol. The molecule has 2 N–H and O–H groups in total. The number of carbonyl (C=O) groups is 1. The number of hydrogen-bond donors (Lipinski definition) is 2. The summed E-state index contributed by atoms with van der Waals surface area (Å²) in [6, 6.07) is 4.82. The first-order valence-electron chi connectivity index (χ1n) is 5.95. The SMILES string of the molecule is Cc1cc(C)cc(S(=O)(=O)Nc2nccnc2C(=O)O)c1. The Morgan fingerprint density at radius 1 is 1.10 bits per heavy atom. The van der Waals surface area contributed by atoms with Crippen molar-refractivity contribution in [2.75, 3.05) is 4.72 Å². The third-order valence-electron chi connectivity index (χ3n) is 2.64. The third kappa shape index (κ3) is 3.34. The molecule has 0 spiro atoms. The van der Waals surface area contributed by atoms with Crippen molar-refractivity contribution in [3.05, 3.63) is 47.4 Å². The summed E-state index contributed by atoms with van der Waals surface area (Å²) in [5.41, 5.74) is 1.12. The van der Waals surface area contributed by atoms with E-state index < -0.39 is 21.7 Å². The van der Waals surface area contributed by atoms with E-state index in [1.54, 1.807) is 13.8 Å². The van der Waals surface area contributed by atoms with Crippen LogP contribution < -0.4 is 4.72 Å². The van der Waals surface area contributed by atoms with Gasteiger partial charge < -0.3 is 5.11 Å². The molecule has 1 aromatic carbocycles. The Labute approximate surface area is 121 Å². The molecule has 0 aliphatic rings. The largest absolute Gasteiger partial charge is 0.476 e.